The molecule has 1 aromatic rings. The average molecular weight is 230 g/mol. The van der Waals surface area contributed by atoms with E-state index in [1.54, 1.807) is 0 Å². The lowest BCUT2D eigenvalue weighted by molar-refractivity contribution is 0.345. The Balaban J connectivity index is 2.40. The summed E-state index contributed by atoms with van der Waals surface area (Å²) in [4.78, 5) is 0. The normalized spacial score (nSPS) is 19.6. The molecule has 12 heavy (non-hydrogen) atoms. The van der Waals surface area contributed by atoms with E-state index in [-0.39, 0.29) is 0 Å². The van der Waals surface area contributed by atoms with Crippen molar-refractivity contribution in [3.63, 3.8) is 0 Å². The van der Waals surface area contributed by atoms with Gasteiger partial charge in [-0.25, -0.2) is 0 Å². The molecule has 1 aromatic heterocycles. The predicted molar refractivity (Wildman–Crippen MR) is 50.1 cm³/mol. The van der Waals surface area contributed by atoms with Crippen LogP contribution in [0.5, 0.6) is 0 Å². The summed E-state index contributed by atoms with van der Waals surface area (Å²) in [6, 6.07) is 0. The summed E-state index contributed by atoms with van der Waals surface area (Å²) in [6.45, 7) is 4.17. The molecule has 0 atom stereocenters. The highest BCUT2D eigenvalue weighted by Crippen LogP contribution is 2.53. The topological polar surface area (TPSA) is 26.0 Å². The average Bonchev–Trinajstić information content (AvgIpc) is 2.79. The van der Waals surface area contributed by atoms with Gasteiger partial charge in [-0.05, 0) is 42.1 Å². The molecule has 0 aliphatic heterocycles. The van der Waals surface area contributed by atoms with Crippen molar-refractivity contribution in [3.8, 4) is 0 Å². The predicted octanol–water partition coefficient (Wildman–Crippen LogP) is 3.19. The van der Waals surface area contributed by atoms with Crippen LogP contribution < -0.4 is 0 Å². The second-order valence-electron chi connectivity index (χ2n) is 3.54. The van der Waals surface area contributed by atoms with Gasteiger partial charge >= 0.3 is 0 Å². The minimum Gasteiger partial charge on any atom is -0.359 e. The summed E-state index contributed by atoms with van der Waals surface area (Å²) in [5.74, 6) is 1.06. The maximum Gasteiger partial charge on any atom is 0.157 e. The molecule has 0 aromatic carbocycles. The first kappa shape index (κ1) is 8.30. The molecule has 1 fully saturated rings. The van der Waals surface area contributed by atoms with Gasteiger partial charge in [0, 0.05) is 5.41 Å². The zero-order valence-electron chi connectivity index (χ0n) is 7.35. The van der Waals surface area contributed by atoms with E-state index in [0.29, 0.717) is 5.41 Å². The fourth-order valence-corrected chi connectivity index (χ4v) is 2.15. The van der Waals surface area contributed by atoms with Crippen LogP contribution in [0.25, 0.3) is 0 Å². The van der Waals surface area contributed by atoms with Gasteiger partial charge in [-0.15, -0.1) is 0 Å². The van der Waals surface area contributed by atoms with Crippen molar-refractivity contribution >= 4 is 15.9 Å². The molecule has 1 aliphatic rings. The number of hydrogen-bond donors (Lipinski definition) is 0. The van der Waals surface area contributed by atoms with Crippen LogP contribution in [0.2, 0.25) is 0 Å². The molecular weight excluding hydrogens is 218 g/mol. The summed E-state index contributed by atoms with van der Waals surface area (Å²) in [7, 11) is 0. The first-order valence-corrected chi connectivity index (χ1v) is 5.11. The summed E-state index contributed by atoms with van der Waals surface area (Å²) in [5.41, 5.74) is 1.28. The third-order valence-corrected chi connectivity index (χ3v) is 3.74. The molecule has 3 heteroatoms. The first-order valence-electron chi connectivity index (χ1n) is 4.32. The zero-order valence-corrected chi connectivity index (χ0v) is 8.94. The van der Waals surface area contributed by atoms with Crippen molar-refractivity contribution in [2.45, 2.75) is 38.5 Å². The van der Waals surface area contributed by atoms with E-state index in [9.17, 15) is 0 Å². The van der Waals surface area contributed by atoms with Crippen LogP contribution >= 0.6 is 15.9 Å². The lowest BCUT2D eigenvalue weighted by atomic mass is 10.0. The number of rotatable bonds is 2. The van der Waals surface area contributed by atoms with E-state index < -0.39 is 0 Å². The van der Waals surface area contributed by atoms with Crippen molar-refractivity contribution < 1.29 is 4.52 Å². The SMILES string of the molecule is CCC1(c2onc(C)c2Br)CC1. The summed E-state index contributed by atoms with van der Waals surface area (Å²) in [5, 5.41) is 3.95. The molecule has 1 aliphatic carbocycles. The van der Waals surface area contributed by atoms with Crippen LogP contribution in [0.3, 0.4) is 0 Å². The van der Waals surface area contributed by atoms with Crippen LogP contribution in [0.4, 0.5) is 0 Å². The quantitative estimate of drug-likeness (QED) is 0.779. The molecule has 0 N–H and O–H groups in total. The third kappa shape index (κ3) is 1.03. The van der Waals surface area contributed by atoms with Crippen molar-refractivity contribution in [2.24, 2.45) is 0 Å². The molecule has 0 saturated heterocycles. The largest absolute Gasteiger partial charge is 0.359 e. The second kappa shape index (κ2) is 2.59. The van der Waals surface area contributed by atoms with Crippen LogP contribution in [0, 0.1) is 6.92 Å². The number of halogens is 1. The van der Waals surface area contributed by atoms with Gasteiger partial charge < -0.3 is 4.52 Å². The molecule has 0 bridgehead atoms. The number of nitrogens with zero attached hydrogens (tertiary/aromatic N) is 1. The molecule has 2 rings (SSSR count). The van der Waals surface area contributed by atoms with Crippen LogP contribution in [0.1, 0.15) is 37.6 Å². The van der Waals surface area contributed by atoms with Crippen LogP contribution in [-0.2, 0) is 5.41 Å². The van der Waals surface area contributed by atoms with Crippen molar-refractivity contribution in [2.75, 3.05) is 0 Å². The summed E-state index contributed by atoms with van der Waals surface area (Å²) < 4.78 is 6.39. The van der Waals surface area contributed by atoms with Gasteiger partial charge in [-0.1, -0.05) is 12.1 Å². The highest BCUT2D eigenvalue weighted by molar-refractivity contribution is 9.10. The molecular formula is C9H12BrNO. The smallest absolute Gasteiger partial charge is 0.157 e. The standard InChI is InChI=1S/C9H12BrNO/c1-3-9(4-5-9)8-7(10)6(2)11-12-8/h3-5H2,1-2H3. The Bertz CT molecular complexity index is 301. The number of aromatic nitrogens is 1. The maximum absolute atomic E-state index is 5.32. The Hall–Kier alpha value is -0.310. The highest BCUT2D eigenvalue weighted by Gasteiger charge is 2.47. The molecule has 2 nitrogen and oxygen atoms in total. The van der Waals surface area contributed by atoms with Crippen molar-refractivity contribution in [1.29, 1.82) is 0 Å². The van der Waals surface area contributed by atoms with Gasteiger partial charge in [-0.2, -0.15) is 0 Å². The van der Waals surface area contributed by atoms with Crippen molar-refractivity contribution in [1.82, 2.24) is 5.16 Å². The Morgan fingerprint density at radius 3 is 2.58 bits per heavy atom. The summed E-state index contributed by atoms with van der Waals surface area (Å²) >= 11 is 3.51. The van der Waals surface area contributed by atoms with Crippen LogP contribution in [0.15, 0.2) is 9.00 Å². The summed E-state index contributed by atoms with van der Waals surface area (Å²) in [6.07, 6.45) is 3.65. The lowest BCUT2D eigenvalue weighted by Crippen LogP contribution is -2.03. The maximum atomic E-state index is 5.32. The van der Waals surface area contributed by atoms with Crippen LogP contribution in [-0.4, -0.2) is 5.16 Å². The fourth-order valence-electron chi connectivity index (χ4n) is 1.58. The molecule has 0 radical (unpaired) electrons. The van der Waals surface area contributed by atoms with E-state index in [1.807, 2.05) is 6.92 Å². The third-order valence-electron chi connectivity index (χ3n) is 2.80. The second-order valence-corrected chi connectivity index (χ2v) is 4.34. The van der Waals surface area contributed by atoms with Gasteiger partial charge in [0.15, 0.2) is 5.76 Å². The van der Waals surface area contributed by atoms with Gasteiger partial charge in [0.2, 0.25) is 0 Å². The Labute approximate surface area is 80.4 Å². The molecule has 1 saturated carbocycles. The van der Waals surface area contributed by atoms with Gasteiger partial charge in [-0.3, -0.25) is 0 Å². The minimum absolute atomic E-state index is 0.320. The van der Waals surface area contributed by atoms with Gasteiger partial charge in [0.05, 0.1) is 10.2 Å². The number of aryl methyl sites for hydroxylation is 1. The zero-order chi connectivity index (χ0) is 8.77. The van der Waals surface area contributed by atoms with E-state index >= 15 is 0 Å². The van der Waals surface area contributed by atoms with E-state index in [0.717, 1.165) is 22.3 Å². The Morgan fingerprint density at radius 1 is 1.58 bits per heavy atom. The Kier molecular flexibility index (Phi) is 1.79. The molecule has 66 valence electrons. The lowest BCUT2D eigenvalue weighted by Gasteiger charge is -2.06. The minimum atomic E-state index is 0.320. The molecule has 0 unspecified atom stereocenters. The monoisotopic (exact) mass is 229 g/mol. The first-order chi connectivity index (χ1) is 5.69. The van der Waals surface area contributed by atoms with E-state index in [1.165, 1.54) is 12.8 Å². The van der Waals surface area contributed by atoms with E-state index in [2.05, 4.69) is 28.0 Å². The molecule has 1 heterocycles. The molecule has 0 amide bonds. The Morgan fingerprint density at radius 2 is 2.25 bits per heavy atom. The number of hydrogen-bond acceptors (Lipinski definition) is 2. The molecule has 0 spiro atoms. The van der Waals surface area contributed by atoms with E-state index in [4.69, 9.17) is 4.52 Å². The van der Waals surface area contributed by atoms with Crippen molar-refractivity contribution in [3.05, 3.63) is 15.9 Å². The highest BCUT2D eigenvalue weighted by atomic mass is 79.9. The van der Waals surface area contributed by atoms with Gasteiger partial charge in [0.25, 0.3) is 0 Å². The van der Waals surface area contributed by atoms with Gasteiger partial charge in [0.1, 0.15) is 0 Å². The fraction of sp³-hybridized carbons (Fsp3) is 0.667.